The minimum atomic E-state index is -0.669. The fourth-order valence-corrected chi connectivity index (χ4v) is 20.4. The van der Waals surface area contributed by atoms with E-state index in [4.69, 9.17) is 0 Å². The molecule has 0 unspecified atom stereocenters. The Labute approximate surface area is 766 Å². The number of nitrogens with zero attached hydrogens (tertiary/aromatic N) is 9. The van der Waals surface area contributed by atoms with Crippen LogP contribution in [0.3, 0.4) is 0 Å². The standard InChI is InChI=1S/C41H29F2N3.2C39H25F2N3/c1-23-5-9-31-32-10-6-24(2)14-36(32)45(35(31)13-23)39-17-27(22-44)18-40(41(39)28-19-29(42)21-30(43)20-28)46-37-15-25(3)7-11-33(37)34-12-8-26(4)16-38(34)46;1-23-11-13-35-31(15-23)29-7-3-5-9-33(29)43(35)37-17-25(22-42)18-38(39(37)26-19-27(40)21-28(41)20-26)44-34-10-6-4-8-30(34)32-16-24(2)12-14-36(32)44;1-23-11-13-31-29-7-3-5-9-33(29)43(35(31)15-23)37-17-25(22-42)18-38(39(37)26-19-27(40)21-28(41)20-26)44-34-10-6-4-8-30(34)32-14-12-24(2)16-36(32)44/h5-21H,1-4H3;2*3-21H,1-2H3. The lowest BCUT2D eigenvalue weighted by atomic mass is 9.97. The third-order valence-electron chi connectivity index (χ3n) is 26.0. The molecule has 134 heavy (non-hydrogen) atoms. The molecular weight excluding hydrogens is 1670 g/mol. The number of hydrogen-bond acceptors (Lipinski definition) is 3. The molecule has 0 saturated carbocycles. The number of para-hydroxylation sites is 4. The van der Waals surface area contributed by atoms with Crippen LogP contribution in [0.25, 0.3) is 198 Å². The topological polar surface area (TPSA) is 101 Å². The van der Waals surface area contributed by atoms with Gasteiger partial charge in [0.05, 0.1) is 135 Å². The predicted molar refractivity (Wildman–Crippen MR) is 533 cm³/mol. The summed E-state index contributed by atoms with van der Waals surface area (Å²) in [4.78, 5) is 0. The SMILES string of the molecule is Cc1ccc2c(c1)c1ccccc1n2-c1cc(C#N)cc(-n2c3ccccc3c3cc(C)ccc32)c1-c1cc(F)cc(F)c1.Cc1ccc2c3ccc(C)cc3n(-c3cc(C#N)cc(-n4c5cc(C)ccc5c5ccc(C)cc54)c3-c3cc(F)cc(F)c3)c2c1.Cc1ccc2c3ccccc3n(-c3cc(C#N)cc(-n4c5ccccc5c5ccc(C)cc54)c3-c3cc(F)cc(F)c3)c2c1. The number of fused-ring (bicyclic) bond motifs is 18. The summed E-state index contributed by atoms with van der Waals surface area (Å²) in [5, 5.41) is 43.9. The highest BCUT2D eigenvalue weighted by atomic mass is 19.2. The number of aryl methyl sites for hydroxylation is 8. The fourth-order valence-electron chi connectivity index (χ4n) is 20.4. The van der Waals surface area contributed by atoms with Crippen molar-refractivity contribution in [2.45, 2.75) is 55.4 Å². The summed E-state index contributed by atoms with van der Waals surface area (Å²) in [5.74, 6) is -4.01. The second-order valence-electron chi connectivity index (χ2n) is 35.2. The highest BCUT2D eigenvalue weighted by Gasteiger charge is 2.30. The van der Waals surface area contributed by atoms with Crippen LogP contribution >= 0.6 is 0 Å². The summed E-state index contributed by atoms with van der Waals surface area (Å²) in [6.07, 6.45) is 0. The molecule has 0 fully saturated rings. The average Bonchev–Trinajstić information content (AvgIpc) is 1.35. The minimum absolute atomic E-state index is 0.382. The first kappa shape index (κ1) is 82.5. The van der Waals surface area contributed by atoms with E-state index in [9.17, 15) is 15.8 Å². The van der Waals surface area contributed by atoms with Crippen LogP contribution in [0.15, 0.2) is 334 Å². The van der Waals surface area contributed by atoms with Gasteiger partial charge in [-0.15, -0.1) is 0 Å². The van der Waals surface area contributed by atoms with E-state index in [1.54, 1.807) is 0 Å². The van der Waals surface area contributed by atoms with Gasteiger partial charge in [0, 0.05) is 99.5 Å². The summed E-state index contributed by atoms with van der Waals surface area (Å²) < 4.78 is 103. The van der Waals surface area contributed by atoms with E-state index in [0.717, 1.165) is 194 Å². The lowest BCUT2D eigenvalue weighted by molar-refractivity contribution is 0.583. The van der Waals surface area contributed by atoms with Crippen molar-refractivity contribution in [1.29, 1.82) is 15.8 Å². The average molecular weight is 1750 g/mol. The van der Waals surface area contributed by atoms with E-state index in [0.29, 0.717) is 84.2 Å². The van der Waals surface area contributed by atoms with Crippen LogP contribution in [0.5, 0.6) is 0 Å². The summed E-state index contributed by atoms with van der Waals surface area (Å²) in [6.45, 7) is 16.4. The summed E-state index contributed by atoms with van der Waals surface area (Å²) in [7, 11) is 0. The molecule has 0 aliphatic heterocycles. The van der Waals surface area contributed by atoms with Crippen molar-refractivity contribution >= 4 is 131 Å². The van der Waals surface area contributed by atoms with Crippen LogP contribution in [-0.2, 0) is 0 Å². The number of hydrogen-bond donors (Lipinski definition) is 0. The Hall–Kier alpha value is -17.2. The molecule has 0 spiro atoms. The van der Waals surface area contributed by atoms with Gasteiger partial charge in [0.15, 0.2) is 0 Å². The molecule has 0 bridgehead atoms. The zero-order chi connectivity index (χ0) is 92.1. The van der Waals surface area contributed by atoms with Gasteiger partial charge in [-0.3, -0.25) is 0 Å². The number of halogens is 6. The zero-order valence-corrected chi connectivity index (χ0v) is 74.0. The van der Waals surface area contributed by atoms with Crippen molar-refractivity contribution in [1.82, 2.24) is 27.4 Å². The zero-order valence-electron chi connectivity index (χ0n) is 74.0. The van der Waals surface area contributed by atoms with Gasteiger partial charge in [-0.2, -0.15) is 15.8 Å². The molecular formula is C119H79F6N9. The van der Waals surface area contributed by atoms with Gasteiger partial charge in [-0.1, -0.05) is 169 Å². The Morgan fingerprint density at radius 3 is 0.567 bits per heavy atom. The van der Waals surface area contributed by atoms with E-state index < -0.39 is 34.9 Å². The molecule has 6 heterocycles. The number of aromatic nitrogens is 6. The van der Waals surface area contributed by atoms with Crippen LogP contribution in [0.2, 0.25) is 0 Å². The fraction of sp³-hybridized carbons (Fsp3) is 0.0672. The Balaban J connectivity index is 0.000000117. The van der Waals surface area contributed by atoms with Crippen molar-refractivity contribution in [3.05, 3.63) is 430 Å². The Bertz CT molecular complexity index is 8720. The van der Waals surface area contributed by atoms with Crippen LogP contribution < -0.4 is 0 Å². The molecule has 0 N–H and O–H groups in total. The monoisotopic (exact) mass is 1750 g/mol. The predicted octanol–water partition coefficient (Wildman–Crippen LogP) is 31.6. The van der Waals surface area contributed by atoms with E-state index in [2.05, 4.69) is 257 Å². The normalized spacial score (nSPS) is 11.6. The molecule has 18 aromatic carbocycles. The van der Waals surface area contributed by atoms with Crippen molar-refractivity contribution in [3.63, 3.8) is 0 Å². The van der Waals surface area contributed by atoms with Crippen molar-refractivity contribution in [2.24, 2.45) is 0 Å². The first-order valence-electron chi connectivity index (χ1n) is 44.2. The summed E-state index contributed by atoms with van der Waals surface area (Å²) in [5.41, 5.74) is 28.4. The molecule has 6 aromatic heterocycles. The maximum absolute atomic E-state index is 15.1. The molecule has 24 rings (SSSR count). The highest BCUT2D eigenvalue weighted by molar-refractivity contribution is 6.17. The van der Waals surface area contributed by atoms with Crippen molar-refractivity contribution in [2.75, 3.05) is 0 Å². The molecule has 15 heteroatoms. The summed E-state index contributed by atoms with van der Waals surface area (Å²) in [6, 6.07) is 112. The van der Waals surface area contributed by atoms with Gasteiger partial charge in [0.25, 0.3) is 0 Å². The molecule has 9 nitrogen and oxygen atoms in total. The van der Waals surface area contributed by atoms with Crippen LogP contribution in [0, 0.1) is 124 Å². The van der Waals surface area contributed by atoms with Crippen LogP contribution in [-0.4, -0.2) is 27.4 Å². The first-order valence-corrected chi connectivity index (χ1v) is 44.2. The maximum atomic E-state index is 15.1. The Morgan fingerprint density at radius 1 is 0.172 bits per heavy atom. The van der Waals surface area contributed by atoms with Crippen molar-refractivity contribution < 1.29 is 26.3 Å². The van der Waals surface area contributed by atoms with Gasteiger partial charge in [-0.05, 0) is 263 Å². The lowest BCUT2D eigenvalue weighted by Gasteiger charge is -2.21. The molecule has 642 valence electrons. The van der Waals surface area contributed by atoms with E-state index in [1.165, 1.54) is 36.4 Å². The maximum Gasteiger partial charge on any atom is 0.126 e. The van der Waals surface area contributed by atoms with Gasteiger partial charge in [-0.25, -0.2) is 26.3 Å². The van der Waals surface area contributed by atoms with E-state index in [1.807, 2.05) is 123 Å². The number of nitriles is 3. The highest BCUT2D eigenvalue weighted by Crippen LogP contribution is 2.50. The van der Waals surface area contributed by atoms with Crippen LogP contribution in [0.1, 0.15) is 61.2 Å². The van der Waals surface area contributed by atoms with Crippen molar-refractivity contribution in [3.8, 4) is 85.7 Å². The van der Waals surface area contributed by atoms with E-state index >= 15 is 26.3 Å². The third-order valence-corrected chi connectivity index (χ3v) is 26.0. The Morgan fingerprint density at radius 2 is 0.343 bits per heavy atom. The molecule has 24 aromatic rings. The van der Waals surface area contributed by atoms with Gasteiger partial charge >= 0.3 is 0 Å². The quantitative estimate of drug-likeness (QED) is 0.135. The molecule has 0 saturated heterocycles. The number of rotatable bonds is 9. The minimum Gasteiger partial charge on any atom is -0.308 e. The molecule has 0 atom stereocenters. The first-order chi connectivity index (χ1) is 65.0. The summed E-state index contributed by atoms with van der Waals surface area (Å²) >= 11 is 0. The molecule has 0 aliphatic rings. The third kappa shape index (κ3) is 13.8. The van der Waals surface area contributed by atoms with Crippen LogP contribution in [0.4, 0.5) is 26.3 Å². The Kier molecular flexibility index (Phi) is 19.8. The second kappa shape index (κ2) is 32.2. The smallest absolute Gasteiger partial charge is 0.126 e. The largest absolute Gasteiger partial charge is 0.308 e. The molecule has 0 radical (unpaired) electrons. The van der Waals surface area contributed by atoms with Gasteiger partial charge < -0.3 is 27.4 Å². The lowest BCUT2D eigenvalue weighted by Crippen LogP contribution is -2.06. The molecule has 0 aliphatic carbocycles. The second-order valence-corrected chi connectivity index (χ2v) is 35.2. The molecule has 0 amide bonds. The van der Waals surface area contributed by atoms with Gasteiger partial charge in [0.1, 0.15) is 34.9 Å². The van der Waals surface area contributed by atoms with Gasteiger partial charge in [0.2, 0.25) is 0 Å². The van der Waals surface area contributed by atoms with E-state index in [-0.39, 0.29) is 0 Å². The number of benzene rings is 18.